The molecule has 0 spiro atoms. The van der Waals surface area contributed by atoms with Gasteiger partial charge >= 0.3 is 0 Å². The van der Waals surface area contributed by atoms with Gasteiger partial charge in [0.25, 0.3) is 0 Å². The Bertz CT molecular complexity index is 1620. The van der Waals surface area contributed by atoms with Crippen LogP contribution in [0.15, 0.2) is 77.1 Å². The number of carbonyl (C=O) groups excluding carboxylic acids is 2. The Morgan fingerprint density at radius 2 is 1.60 bits per heavy atom. The van der Waals surface area contributed by atoms with Crippen molar-refractivity contribution >= 4 is 34.9 Å². The molecular weight excluding hydrogens is 649 g/mol. The molecule has 0 radical (unpaired) electrons. The third kappa shape index (κ3) is 10.4. The van der Waals surface area contributed by atoms with Crippen LogP contribution < -0.4 is 10.8 Å². The number of aryl methyl sites for hydroxylation is 1. The average Bonchev–Trinajstić information content (AvgIpc) is 3.56. The Morgan fingerprint density at radius 3 is 2.29 bits per heavy atom. The Hall–Kier alpha value is -3.65. The number of nitrogens with one attached hydrogen (secondary N) is 2. The monoisotopic (exact) mass is 690 g/mol. The van der Waals surface area contributed by atoms with E-state index in [1.165, 1.54) is 0 Å². The van der Waals surface area contributed by atoms with E-state index in [-0.39, 0.29) is 37.0 Å². The number of thioether (sulfide) groups is 1. The smallest absolute Gasteiger partial charge is 0.243 e. The second-order valence-corrected chi connectivity index (χ2v) is 14.2. The minimum atomic E-state index is -0.557. The highest BCUT2D eigenvalue weighted by molar-refractivity contribution is 8.01. The van der Waals surface area contributed by atoms with E-state index in [1.807, 2.05) is 61.5 Å². The maximum Gasteiger partial charge on any atom is 0.243 e. The van der Waals surface area contributed by atoms with Crippen LogP contribution in [0.5, 0.6) is 0 Å². The molecule has 2 amide bonds. The summed E-state index contributed by atoms with van der Waals surface area (Å²) in [4.78, 5) is 23.6. The second-order valence-electron chi connectivity index (χ2n) is 11.8. The van der Waals surface area contributed by atoms with Gasteiger partial charge in [0.1, 0.15) is 5.01 Å². The molecule has 48 heavy (non-hydrogen) atoms. The van der Waals surface area contributed by atoms with Crippen molar-refractivity contribution in [2.45, 2.75) is 87.9 Å². The van der Waals surface area contributed by atoms with E-state index in [9.17, 15) is 14.7 Å². The molecule has 5 rings (SSSR count). The van der Waals surface area contributed by atoms with Crippen molar-refractivity contribution in [1.29, 1.82) is 0 Å². The van der Waals surface area contributed by atoms with E-state index in [0.29, 0.717) is 25.8 Å². The van der Waals surface area contributed by atoms with Crippen LogP contribution in [-0.4, -0.2) is 44.2 Å². The normalized spacial score (nSPS) is 17.6. The maximum atomic E-state index is 12.5. The van der Waals surface area contributed by atoms with E-state index in [1.54, 1.807) is 28.6 Å². The summed E-state index contributed by atoms with van der Waals surface area (Å²) in [6, 6.07) is 24.1. The van der Waals surface area contributed by atoms with Gasteiger partial charge in [0.2, 0.25) is 11.8 Å². The molecule has 1 aromatic heterocycles. The van der Waals surface area contributed by atoms with Crippen LogP contribution >= 0.6 is 23.1 Å². The van der Waals surface area contributed by atoms with Gasteiger partial charge in [-0.2, -0.15) is 0 Å². The quantitative estimate of drug-likeness (QED) is 0.0432. The van der Waals surface area contributed by atoms with Crippen LogP contribution in [0.4, 0.5) is 0 Å². The Kier molecular flexibility index (Phi) is 13.5. The van der Waals surface area contributed by atoms with Crippen molar-refractivity contribution in [3.05, 3.63) is 100 Å². The molecule has 0 unspecified atom stereocenters. The van der Waals surface area contributed by atoms with E-state index < -0.39 is 6.29 Å². The number of aliphatic hydroxyl groups excluding tert-OH is 1. The SMILES string of the molecule is Cc1nnc(SC[C@@H]2C[C@H](c3ccc(CO)cc3)O[C@H](c3ccc(-c4ccccc4CNC(=O)CCCCCCC(=O)NO)cc3)O2)s1. The lowest BCUT2D eigenvalue weighted by atomic mass is 9.97. The third-order valence-electron chi connectivity index (χ3n) is 8.18. The highest BCUT2D eigenvalue weighted by atomic mass is 32.2. The van der Waals surface area contributed by atoms with Gasteiger partial charge in [0, 0.05) is 37.1 Å². The van der Waals surface area contributed by atoms with Gasteiger partial charge in [0.15, 0.2) is 10.6 Å². The Labute approximate surface area is 289 Å². The lowest BCUT2D eigenvalue weighted by Crippen LogP contribution is -2.31. The van der Waals surface area contributed by atoms with Crippen LogP contribution in [0.3, 0.4) is 0 Å². The molecule has 1 saturated heterocycles. The van der Waals surface area contributed by atoms with Crippen molar-refractivity contribution in [3.63, 3.8) is 0 Å². The fraction of sp³-hybridized carbons (Fsp3) is 0.389. The molecule has 12 heteroatoms. The Morgan fingerprint density at radius 1 is 0.896 bits per heavy atom. The number of carbonyl (C=O) groups is 2. The fourth-order valence-corrected chi connectivity index (χ4v) is 7.42. The second kappa shape index (κ2) is 18.2. The summed E-state index contributed by atoms with van der Waals surface area (Å²) in [5.74, 6) is 0.334. The number of nitrogens with zero attached hydrogens (tertiary/aromatic N) is 2. The molecule has 1 aliphatic rings. The molecule has 2 heterocycles. The number of rotatable bonds is 16. The highest BCUT2D eigenvalue weighted by Crippen LogP contribution is 2.40. The highest BCUT2D eigenvalue weighted by Gasteiger charge is 2.32. The summed E-state index contributed by atoms with van der Waals surface area (Å²) in [6.45, 7) is 2.37. The van der Waals surface area contributed by atoms with E-state index in [4.69, 9.17) is 14.7 Å². The molecule has 0 aliphatic carbocycles. The molecule has 4 N–H and O–H groups in total. The number of aromatic nitrogens is 2. The molecule has 4 aromatic rings. The van der Waals surface area contributed by atoms with Crippen molar-refractivity contribution in [3.8, 4) is 11.1 Å². The van der Waals surface area contributed by atoms with Crippen molar-refractivity contribution < 1.29 is 29.4 Å². The van der Waals surface area contributed by atoms with Gasteiger partial charge in [-0.3, -0.25) is 14.8 Å². The van der Waals surface area contributed by atoms with Gasteiger partial charge in [0.05, 0.1) is 18.8 Å². The number of aliphatic hydroxyl groups is 1. The van der Waals surface area contributed by atoms with E-state index in [2.05, 4.69) is 33.7 Å². The van der Waals surface area contributed by atoms with Crippen LogP contribution in [0.1, 0.15) is 84.6 Å². The van der Waals surface area contributed by atoms with Gasteiger partial charge in [-0.25, -0.2) is 5.48 Å². The first-order valence-electron chi connectivity index (χ1n) is 16.2. The summed E-state index contributed by atoms with van der Waals surface area (Å²) >= 11 is 3.22. The first-order chi connectivity index (χ1) is 23.4. The first kappa shape index (κ1) is 35.7. The van der Waals surface area contributed by atoms with Crippen LogP contribution in [0, 0.1) is 6.92 Å². The minimum Gasteiger partial charge on any atom is -0.392 e. The molecule has 3 aromatic carbocycles. The standard InChI is InChI=1S/C36H42N4O6S2/c1-24-38-39-36(48-24)47-23-30-20-32(27-14-12-25(22-41)13-15-27)46-35(45-30)28-18-16-26(17-19-28)31-9-7-6-8-29(31)21-37-33(42)10-4-2-3-5-11-34(43)40-44/h6-9,12-19,30,32,35,41,44H,2-5,10-11,20-23H2,1H3,(H,37,42)(H,40,43)/t30-,32+,35+/m0/s1. The number of hydrogen-bond donors (Lipinski definition) is 4. The molecule has 3 atom stereocenters. The largest absolute Gasteiger partial charge is 0.392 e. The van der Waals surface area contributed by atoms with E-state index in [0.717, 1.165) is 67.7 Å². The zero-order chi connectivity index (χ0) is 33.7. The van der Waals surface area contributed by atoms with Gasteiger partial charge in [-0.1, -0.05) is 109 Å². The molecule has 0 bridgehead atoms. The van der Waals surface area contributed by atoms with Gasteiger partial charge in [-0.05, 0) is 47.6 Å². The summed E-state index contributed by atoms with van der Waals surface area (Å²) in [7, 11) is 0. The fourth-order valence-electron chi connectivity index (χ4n) is 5.56. The zero-order valence-electron chi connectivity index (χ0n) is 27.0. The number of hydrogen-bond acceptors (Lipinski definition) is 10. The number of hydroxylamine groups is 1. The summed E-state index contributed by atoms with van der Waals surface area (Å²) < 4.78 is 13.9. The molecule has 254 valence electrons. The Balaban J connectivity index is 1.21. The molecule has 1 fully saturated rings. The number of ether oxygens (including phenoxy) is 2. The van der Waals surface area contributed by atoms with E-state index >= 15 is 0 Å². The van der Waals surface area contributed by atoms with Crippen LogP contribution in [0.2, 0.25) is 0 Å². The predicted molar refractivity (Wildman–Crippen MR) is 185 cm³/mol. The van der Waals surface area contributed by atoms with Crippen molar-refractivity contribution in [2.75, 3.05) is 5.75 Å². The summed E-state index contributed by atoms with van der Waals surface area (Å²) in [5.41, 5.74) is 7.55. The lowest BCUT2D eigenvalue weighted by molar-refractivity contribution is -0.245. The lowest BCUT2D eigenvalue weighted by Gasteiger charge is -2.36. The van der Waals surface area contributed by atoms with Crippen molar-refractivity contribution in [1.82, 2.24) is 21.0 Å². The average molecular weight is 691 g/mol. The summed E-state index contributed by atoms with van der Waals surface area (Å²) in [6.07, 6.45) is 3.72. The minimum absolute atomic E-state index is 0.00354. The topological polar surface area (TPSA) is 143 Å². The first-order valence-corrected chi connectivity index (χ1v) is 18.0. The van der Waals surface area contributed by atoms with Gasteiger partial charge in [-0.15, -0.1) is 10.2 Å². The van der Waals surface area contributed by atoms with Crippen LogP contribution in [-0.2, 0) is 32.2 Å². The molecular formula is C36H42N4O6S2. The predicted octanol–water partition coefficient (Wildman–Crippen LogP) is 6.81. The number of amides is 2. The third-order valence-corrected chi connectivity index (χ3v) is 10.3. The molecule has 1 aliphatic heterocycles. The number of benzene rings is 3. The zero-order valence-corrected chi connectivity index (χ0v) is 28.6. The van der Waals surface area contributed by atoms with Crippen molar-refractivity contribution in [2.24, 2.45) is 0 Å². The number of unbranched alkanes of at least 4 members (excludes halogenated alkanes) is 3. The van der Waals surface area contributed by atoms with Crippen LogP contribution in [0.25, 0.3) is 11.1 Å². The summed E-state index contributed by atoms with van der Waals surface area (Å²) in [5, 5.41) is 30.4. The molecule has 0 saturated carbocycles. The maximum absolute atomic E-state index is 12.5. The van der Waals surface area contributed by atoms with Gasteiger partial charge < -0.3 is 19.9 Å². The molecule has 10 nitrogen and oxygen atoms in total.